The molecule has 94 valence electrons. The van der Waals surface area contributed by atoms with E-state index >= 15 is 0 Å². The largest absolute Gasteiger partial charge is 0.381 e. The van der Waals surface area contributed by atoms with E-state index < -0.39 is 0 Å². The molecule has 1 aromatic rings. The van der Waals surface area contributed by atoms with Crippen molar-refractivity contribution >= 4 is 0 Å². The van der Waals surface area contributed by atoms with Gasteiger partial charge < -0.3 is 9.47 Å². The highest BCUT2D eigenvalue weighted by Crippen LogP contribution is 2.20. The second kappa shape index (κ2) is 4.27. The van der Waals surface area contributed by atoms with Gasteiger partial charge in [-0.15, -0.1) is 0 Å². The fraction of sp³-hybridized carbons (Fsp3) is 0.818. The highest BCUT2D eigenvalue weighted by Gasteiger charge is 2.27. The Balaban J connectivity index is 1.86. The first-order valence-electron chi connectivity index (χ1n) is 6.11. The number of ether oxygens (including phenoxy) is 2. The highest BCUT2D eigenvalue weighted by molar-refractivity contribution is 4.90. The summed E-state index contributed by atoms with van der Waals surface area (Å²) in [4.78, 5) is 12.2. The Hall–Kier alpha value is -1.14. The molecule has 17 heavy (non-hydrogen) atoms. The molecule has 0 aromatic carbocycles. The van der Waals surface area contributed by atoms with Crippen LogP contribution in [0.15, 0.2) is 4.79 Å². The van der Waals surface area contributed by atoms with E-state index in [9.17, 15) is 4.79 Å². The van der Waals surface area contributed by atoms with Crippen LogP contribution in [0.25, 0.3) is 0 Å². The van der Waals surface area contributed by atoms with Gasteiger partial charge in [0.25, 0.3) is 0 Å². The zero-order valence-electron chi connectivity index (χ0n) is 9.96. The lowest BCUT2D eigenvalue weighted by atomic mass is 10.1. The molecule has 0 spiro atoms. The van der Waals surface area contributed by atoms with Crippen LogP contribution in [0.3, 0.4) is 0 Å². The van der Waals surface area contributed by atoms with Gasteiger partial charge in [-0.1, -0.05) is 0 Å². The van der Waals surface area contributed by atoms with E-state index in [1.165, 1.54) is 4.68 Å². The molecule has 0 bridgehead atoms. The molecule has 3 rings (SSSR count). The second-order valence-corrected chi connectivity index (χ2v) is 4.68. The number of hydrogen-bond acceptors (Lipinski definition) is 4. The van der Waals surface area contributed by atoms with Gasteiger partial charge in [-0.05, 0) is 19.8 Å². The van der Waals surface area contributed by atoms with Crippen LogP contribution in [0.4, 0.5) is 0 Å². The molecule has 0 aliphatic carbocycles. The molecular formula is C11H17N3O3. The van der Waals surface area contributed by atoms with Crippen LogP contribution < -0.4 is 5.69 Å². The molecule has 3 heterocycles. The summed E-state index contributed by atoms with van der Waals surface area (Å²) in [6.07, 6.45) is 1.98. The van der Waals surface area contributed by atoms with Crippen LogP contribution in [0, 0.1) is 6.92 Å². The maximum Gasteiger partial charge on any atom is 0.346 e. The van der Waals surface area contributed by atoms with Crippen molar-refractivity contribution in [3.63, 3.8) is 0 Å². The third-order valence-electron chi connectivity index (χ3n) is 3.38. The topological polar surface area (TPSA) is 61.6 Å². The number of rotatable bonds is 3. The second-order valence-electron chi connectivity index (χ2n) is 4.68. The van der Waals surface area contributed by atoms with Crippen molar-refractivity contribution in [1.82, 2.24) is 14.3 Å². The third kappa shape index (κ3) is 2.14. The zero-order valence-corrected chi connectivity index (χ0v) is 9.96. The SMILES string of the molecule is Cc1nn(CC2CO2)c(=O)n1C1CCOCC1. The van der Waals surface area contributed by atoms with E-state index in [4.69, 9.17) is 9.47 Å². The fourth-order valence-corrected chi connectivity index (χ4v) is 2.38. The standard InChI is InChI=1S/C11H17N3O3/c1-8-12-13(6-10-7-17-10)11(15)14(8)9-2-4-16-5-3-9/h9-10H,2-7H2,1H3. The Morgan fingerprint density at radius 1 is 1.41 bits per heavy atom. The quantitative estimate of drug-likeness (QED) is 0.702. The molecule has 0 N–H and O–H groups in total. The van der Waals surface area contributed by atoms with Gasteiger partial charge in [0.15, 0.2) is 0 Å². The molecular weight excluding hydrogens is 222 g/mol. The molecule has 0 radical (unpaired) electrons. The molecule has 1 unspecified atom stereocenters. The van der Waals surface area contributed by atoms with Crippen LogP contribution in [0.1, 0.15) is 24.7 Å². The number of hydrogen-bond donors (Lipinski definition) is 0. The minimum atomic E-state index is -0.00935. The molecule has 0 saturated carbocycles. The van der Waals surface area contributed by atoms with Gasteiger partial charge >= 0.3 is 5.69 Å². The van der Waals surface area contributed by atoms with E-state index in [0.717, 1.165) is 38.5 Å². The van der Waals surface area contributed by atoms with Gasteiger partial charge in [0.1, 0.15) is 11.9 Å². The maximum absolute atomic E-state index is 12.2. The summed E-state index contributed by atoms with van der Waals surface area (Å²) in [5.41, 5.74) is -0.00935. The summed E-state index contributed by atoms with van der Waals surface area (Å²) in [6.45, 7) is 4.67. The van der Waals surface area contributed by atoms with Crippen LogP contribution >= 0.6 is 0 Å². The smallest absolute Gasteiger partial charge is 0.346 e. The van der Waals surface area contributed by atoms with E-state index in [1.54, 1.807) is 0 Å². The first kappa shape index (κ1) is 11.0. The molecule has 2 saturated heterocycles. The van der Waals surface area contributed by atoms with Gasteiger partial charge in [-0.2, -0.15) is 5.10 Å². The van der Waals surface area contributed by atoms with Crippen molar-refractivity contribution in [3.05, 3.63) is 16.3 Å². The van der Waals surface area contributed by atoms with Crippen molar-refractivity contribution in [1.29, 1.82) is 0 Å². The average molecular weight is 239 g/mol. The minimum absolute atomic E-state index is 0.00935. The molecule has 1 aromatic heterocycles. The Bertz CT molecular complexity index is 455. The van der Waals surface area contributed by atoms with Gasteiger partial charge in [-0.25, -0.2) is 9.48 Å². The highest BCUT2D eigenvalue weighted by atomic mass is 16.6. The van der Waals surface area contributed by atoms with Crippen LogP contribution in [-0.2, 0) is 16.0 Å². The van der Waals surface area contributed by atoms with Crippen LogP contribution in [0.5, 0.6) is 0 Å². The summed E-state index contributed by atoms with van der Waals surface area (Å²) in [7, 11) is 0. The molecule has 2 fully saturated rings. The number of aryl methyl sites for hydroxylation is 1. The maximum atomic E-state index is 12.2. The van der Waals surface area contributed by atoms with Crippen molar-refractivity contribution < 1.29 is 9.47 Å². The number of aromatic nitrogens is 3. The molecule has 2 aliphatic heterocycles. The van der Waals surface area contributed by atoms with E-state index in [1.807, 2.05) is 11.5 Å². The summed E-state index contributed by atoms with van der Waals surface area (Å²) < 4.78 is 13.8. The predicted molar refractivity (Wildman–Crippen MR) is 60.1 cm³/mol. The first-order chi connectivity index (χ1) is 8.25. The lowest BCUT2D eigenvalue weighted by Crippen LogP contribution is -2.32. The van der Waals surface area contributed by atoms with Crippen molar-refractivity contribution in [2.45, 2.75) is 38.5 Å². The third-order valence-corrected chi connectivity index (χ3v) is 3.38. The van der Waals surface area contributed by atoms with E-state index in [-0.39, 0.29) is 17.8 Å². The van der Waals surface area contributed by atoms with Gasteiger partial charge in [-0.3, -0.25) is 4.57 Å². The molecule has 1 atom stereocenters. The molecule has 6 heteroatoms. The minimum Gasteiger partial charge on any atom is -0.381 e. The Morgan fingerprint density at radius 2 is 2.12 bits per heavy atom. The van der Waals surface area contributed by atoms with E-state index in [0.29, 0.717) is 6.54 Å². The van der Waals surface area contributed by atoms with Crippen molar-refractivity contribution in [2.24, 2.45) is 0 Å². The predicted octanol–water partition coefficient (Wildman–Crippen LogP) is 0.104. The van der Waals surface area contributed by atoms with Crippen molar-refractivity contribution in [3.8, 4) is 0 Å². The average Bonchev–Trinajstić information content (AvgIpc) is 3.09. The van der Waals surface area contributed by atoms with Crippen molar-refractivity contribution in [2.75, 3.05) is 19.8 Å². The van der Waals surface area contributed by atoms with Gasteiger partial charge in [0.05, 0.1) is 13.2 Å². The van der Waals surface area contributed by atoms with Gasteiger partial charge in [0, 0.05) is 19.3 Å². The molecule has 2 aliphatic rings. The van der Waals surface area contributed by atoms with Gasteiger partial charge in [0.2, 0.25) is 0 Å². The number of nitrogens with zero attached hydrogens (tertiary/aromatic N) is 3. The Labute approximate surface area is 99.1 Å². The number of epoxide rings is 1. The van der Waals surface area contributed by atoms with Crippen LogP contribution in [-0.4, -0.2) is 40.3 Å². The molecule has 6 nitrogen and oxygen atoms in total. The summed E-state index contributed by atoms with van der Waals surface area (Å²) in [5.74, 6) is 0.794. The van der Waals surface area contributed by atoms with Crippen LogP contribution in [0.2, 0.25) is 0 Å². The normalized spacial score (nSPS) is 25.1. The Kier molecular flexibility index (Phi) is 2.76. The fourth-order valence-electron chi connectivity index (χ4n) is 2.38. The summed E-state index contributed by atoms with van der Waals surface area (Å²) >= 11 is 0. The lowest BCUT2D eigenvalue weighted by Gasteiger charge is -2.22. The zero-order chi connectivity index (χ0) is 11.8. The van der Waals surface area contributed by atoms with E-state index in [2.05, 4.69) is 5.10 Å². The lowest BCUT2D eigenvalue weighted by molar-refractivity contribution is 0.0680. The first-order valence-corrected chi connectivity index (χ1v) is 6.11. The Morgan fingerprint density at radius 3 is 2.76 bits per heavy atom. The summed E-state index contributed by atoms with van der Waals surface area (Å²) in [5, 5.41) is 4.31. The summed E-state index contributed by atoms with van der Waals surface area (Å²) in [6, 6.07) is 0.241. The monoisotopic (exact) mass is 239 g/mol. The molecule has 0 amide bonds.